The Bertz CT molecular complexity index is 977. The van der Waals surface area contributed by atoms with Gasteiger partial charge in [-0.05, 0) is 35.7 Å². The molecule has 140 valence electrons. The molecule has 27 heavy (non-hydrogen) atoms. The summed E-state index contributed by atoms with van der Waals surface area (Å²) >= 11 is 0. The molecule has 0 saturated carbocycles. The second-order valence-corrected chi connectivity index (χ2v) is 6.43. The van der Waals surface area contributed by atoms with Gasteiger partial charge in [-0.2, -0.15) is 0 Å². The maximum absolute atomic E-state index is 11.7. The van der Waals surface area contributed by atoms with E-state index in [-0.39, 0.29) is 24.8 Å². The van der Waals surface area contributed by atoms with Gasteiger partial charge in [0.25, 0.3) is 0 Å². The number of nitrogens with zero attached hydrogens (tertiary/aromatic N) is 1. The fraction of sp³-hybridized carbons (Fsp3) is 0.238. The summed E-state index contributed by atoms with van der Waals surface area (Å²) in [5.74, 6) is -0.749. The number of rotatable bonds is 7. The molecule has 6 nitrogen and oxygen atoms in total. The van der Waals surface area contributed by atoms with E-state index in [0.29, 0.717) is 0 Å². The van der Waals surface area contributed by atoms with E-state index in [1.54, 1.807) is 0 Å². The number of pyridine rings is 1. The van der Waals surface area contributed by atoms with Crippen LogP contribution in [0.3, 0.4) is 0 Å². The third kappa shape index (κ3) is 3.95. The van der Waals surface area contributed by atoms with Crippen LogP contribution < -0.4 is 11.1 Å². The number of benzene rings is 1. The van der Waals surface area contributed by atoms with Crippen molar-refractivity contribution in [3.8, 4) is 0 Å². The highest BCUT2D eigenvalue weighted by molar-refractivity contribution is 5.87. The van der Waals surface area contributed by atoms with Crippen LogP contribution in [0, 0.1) is 6.92 Å². The second kappa shape index (κ2) is 7.95. The number of hydrogen-bond donors (Lipinski definition) is 2. The third-order valence-corrected chi connectivity index (χ3v) is 4.67. The number of ether oxygens (including phenoxy) is 1. The molecule has 0 aliphatic carbocycles. The number of primary amides is 1. The van der Waals surface area contributed by atoms with E-state index in [1.165, 1.54) is 12.7 Å². The van der Waals surface area contributed by atoms with Crippen molar-refractivity contribution in [2.45, 2.75) is 19.8 Å². The predicted octanol–water partition coefficient (Wildman–Crippen LogP) is 2.45. The second-order valence-electron chi connectivity index (χ2n) is 6.43. The first-order valence-electron chi connectivity index (χ1n) is 8.75. The van der Waals surface area contributed by atoms with Crippen molar-refractivity contribution in [3.05, 3.63) is 71.0 Å². The van der Waals surface area contributed by atoms with Crippen LogP contribution >= 0.6 is 0 Å². The van der Waals surface area contributed by atoms with E-state index in [0.717, 1.165) is 34.4 Å². The highest BCUT2D eigenvalue weighted by Gasteiger charge is 2.19. The standard InChI is InChI=1S/C21H23N3O3/c1-14-16(12-19(22)25)21-17(23-13-20(26)27-2)9-6-10-24(21)18(14)11-15-7-4-3-5-8-15/h3-10,23H,11-13H2,1-2H3,(H2,22,25). The minimum absolute atomic E-state index is 0.0461. The average Bonchev–Trinajstić information content (AvgIpc) is 2.92. The number of methoxy groups -OCH3 is 1. The molecular formula is C21H23N3O3. The monoisotopic (exact) mass is 365 g/mol. The molecule has 0 atom stereocenters. The molecule has 0 fully saturated rings. The average molecular weight is 365 g/mol. The molecule has 3 N–H and O–H groups in total. The summed E-state index contributed by atoms with van der Waals surface area (Å²) in [7, 11) is 1.35. The van der Waals surface area contributed by atoms with E-state index in [4.69, 9.17) is 10.5 Å². The summed E-state index contributed by atoms with van der Waals surface area (Å²) in [6, 6.07) is 13.9. The molecule has 0 saturated heterocycles. The number of amides is 1. The zero-order valence-electron chi connectivity index (χ0n) is 15.5. The van der Waals surface area contributed by atoms with Crippen LogP contribution in [0.2, 0.25) is 0 Å². The molecule has 0 spiro atoms. The van der Waals surface area contributed by atoms with E-state index < -0.39 is 0 Å². The number of hydrogen-bond acceptors (Lipinski definition) is 4. The van der Waals surface area contributed by atoms with Gasteiger partial charge in [0, 0.05) is 18.3 Å². The zero-order valence-corrected chi connectivity index (χ0v) is 15.5. The summed E-state index contributed by atoms with van der Waals surface area (Å²) < 4.78 is 6.77. The number of nitrogens with two attached hydrogens (primary N) is 1. The predicted molar refractivity (Wildman–Crippen MR) is 105 cm³/mol. The van der Waals surface area contributed by atoms with Crippen LogP contribution in [0.5, 0.6) is 0 Å². The van der Waals surface area contributed by atoms with Crippen molar-refractivity contribution in [3.63, 3.8) is 0 Å². The fourth-order valence-corrected chi connectivity index (χ4v) is 3.35. The maximum atomic E-state index is 11.7. The van der Waals surface area contributed by atoms with Gasteiger partial charge in [0.15, 0.2) is 0 Å². The van der Waals surface area contributed by atoms with Crippen molar-refractivity contribution in [1.82, 2.24) is 4.40 Å². The number of carbonyl (C=O) groups is 2. The lowest BCUT2D eigenvalue weighted by molar-refractivity contribution is -0.138. The molecule has 3 aromatic rings. The molecule has 3 rings (SSSR count). The molecule has 0 aliphatic heterocycles. The smallest absolute Gasteiger partial charge is 0.325 e. The molecule has 0 aliphatic rings. The summed E-state index contributed by atoms with van der Waals surface area (Å²) in [5.41, 5.74) is 11.3. The van der Waals surface area contributed by atoms with Crippen LogP contribution in [-0.4, -0.2) is 29.9 Å². The topological polar surface area (TPSA) is 85.8 Å². The Morgan fingerprint density at radius 2 is 1.89 bits per heavy atom. The Hall–Kier alpha value is -3.28. The number of anilines is 1. The van der Waals surface area contributed by atoms with Gasteiger partial charge in [-0.25, -0.2) is 0 Å². The van der Waals surface area contributed by atoms with Gasteiger partial charge in [-0.15, -0.1) is 0 Å². The van der Waals surface area contributed by atoms with Crippen molar-refractivity contribution >= 4 is 23.1 Å². The largest absolute Gasteiger partial charge is 0.468 e. The van der Waals surface area contributed by atoms with Gasteiger partial charge in [0.05, 0.1) is 24.7 Å². The Labute approximate surface area is 157 Å². The van der Waals surface area contributed by atoms with Crippen molar-refractivity contribution in [1.29, 1.82) is 0 Å². The normalized spacial score (nSPS) is 10.7. The summed E-state index contributed by atoms with van der Waals surface area (Å²) in [6.45, 7) is 2.05. The van der Waals surface area contributed by atoms with E-state index in [2.05, 4.69) is 21.9 Å². The number of carbonyl (C=O) groups excluding carboxylic acids is 2. The fourth-order valence-electron chi connectivity index (χ4n) is 3.35. The lowest BCUT2D eigenvalue weighted by Crippen LogP contribution is -2.16. The number of aromatic nitrogens is 1. The molecule has 1 amide bonds. The van der Waals surface area contributed by atoms with Gasteiger partial charge < -0.3 is 20.2 Å². The van der Waals surface area contributed by atoms with E-state index in [9.17, 15) is 9.59 Å². The van der Waals surface area contributed by atoms with E-state index in [1.807, 2.05) is 43.5 Å². The molecule has 2 heterocycles. The maximum Gasteiger partial charge on any atom is 0.325 e. The first-order chi connectivity index (χ1) is 13.0. The lowest BCUT2D eigenvalue weighted by atomic mass is 10.0. The van der Waals surface area contributed by atoms with Gasteiger partial charge in [0.2, 0.25) is 5.91 Å². The lowest BCUT2D eigenvalue weighted by Gasteiger charge is -2.10. The summed E-state index contributed by atoms with van der Waals surface area (Å²) in [4.78, 5) is 23.2. The van der Waals surface area contributed by atoms with Crippen LogP contribution in [0.1, 0.15) is 22.4 Å². The van der Waals surface area contributed by atoms with Gasteiger partial charge in [-0.1, -0.05) is 30.3 Å². The van der Waals surface area contributed by atoms with Crippen molar-refractivity contribution in [2.24, 2.45) is 5.73 Å². The Morgan fingerprint density at radius 3 is 2.56 bits per heavy atom. The minimum Gasteiger partial charge on any atom is -0.468 e. The van der Waals surface area contributed by atoms with Crippen molar-refractivity contribution < 1.29 is 14.3 Å². The van der Waals surface area contributed by atoms with E-state index >= 15 is 0 Å². The van der Waals surface area contributed by atoms with Crippen LogP contribution in [0.15, 0.2) is 48.7 Å². The molecule has 0 bridgehead atoms. The quantitative estimate of drug-likeness (QED) is 0.630. The first kappa shape index (κ1) is 18.5. The molecule has 2 aromatic heterocycles. The van der Waals surface area contributed by atoms with Crippen molar-refractivity contribution in [2.75, 3.05) is 19.0 Å². The highest BCUT2D eigenvalue weighted by Crippen LogP contribution is 2.31. The Balaban J connectivity index is 2.11. The minimum atomic E-state index is -0.389. The van der Waals surface area contributed by atoms with Crippen LogP contribution in [-0.2, 0) is 27.2 Å². The van der Waals surface area contributed by atoms with Gasteiger partial charge >= 0.3 is 5.97 Å². The molecule has 0 radical (unpaired) electrons. The van der Waals surface area contributed by atoms with Gasteiger partial charge in [0.1, 0.15) is 6.54 Å². The summed E-state index contributed by atoms with van der Waals surface area (Å²) in [6.07, 6.45) is 2.84. The van der Waals surface area contributed by atoms with Gasteiger partial charge in [-0.3, -0.25) is 9.59 Å². The molecule has 1 aromatic carbocycles. The third-order valence-electron chi connectivity index (χ3n) is 4.67. The first-order valence-corrected chi connectivity index (χ1v) is 8.75. The molecule has 6 heteroatoms. The molecule has 0 unspecified atom stereocenters. The van der Waals surface area contributed by atoms with Crippen LogP contribution in [0.25, 0.3) is 5.52 Å². The highest BCUT2D eigenvalue weighted by atomic mass is 16.5. The van der Waals surface area contributed by atoms with Crippen LogP contribution in [0.4, 0.5) is 5.69 Å². The number of esters is 1. The Kier molecular flexibility index (Phi) is 5.45. The molecular weight excluding hydrogens is 342 g/mol. The number of nitrogens with one attached hydrogen (secondary N) is 1. The summed E-state index contributed by atoms with van der Waals surface area (Å²) in [5, 5.41) is 3.11. The Morgan fingerprint density at radius 1 is 1.15 bits per heavy atom. The SMILES string of the molecule is COC(=O)CNc1cccn2c(Cc3ccccc3)c(C)c(CC(N)=O)c12. The number of fused-ring (bicyclic) bond motifs is 1. The zero-order chi connectivity index (χ0) is 19.4.